The summed E-state index contributed by atoms with van der Waals surface area (Å²) >= 11 is 0. The molecule has 0 aliphatic carbocycles. The third-order valence-corrected chi connectivity index (χ3v) is 3.16. The van der Waals surface area contributed by atoms with E-state index in [-0.39, 0.29) is 5.95 Å². The summed E-state index contributed by atoms with van der Waals surface area (Å²) < 4.78 is 0. The van der Waals surface area contributed by atoms with E-state index in [0.29, 0.717) is 6.54 Å². The van der Waals surface area contributed by atoms with Crippen molar-refractivity contribution in [1.82, 2.24) is 9.97 Å². The Balaban J connectivity index is 1.91. The number of benzene rings is 2. The van der Waals surface area contributed by atoms with Crippen LogP contribution >= 0.6 is 0 Å². The van der Waals surface area contributed by atoms with E-state index in [1.807, 2.05) is 24.3 Å². The van der Waals surface area contributed by atoms with Crippen LogP contribution in [-0.4, -0.2) is 9.97 Å². The third kappa shape index (κ3) is 2.54. The molecule has 2 aromatic carbocycles. The molecule has 4 heteroatoms. The van der Waals surface area contributed by atoms with E-state index < -0.39 is 0 Å². The van der Waals surface area contributed by atoms with E-state index in [4.69, 9.17) is 5.73 Å². The molecule has 0 radical (unpaired) electrons. The Labute approximate surface area is 117 Å². The quantitative estimate of drug-likeness (QED) is 0.763. The highest BCUT2D eigenvalue weighted by atomic mass is 15.1. The summed E-state index contributed by atoms with van der Waals surface area (Å²) in [6.07, 6.45) is 0. The highest BCUT2D eigenvalue weighted by molar-refractivity contribution is 5.89. The molecule has 3 rings (SSSR count). The van der Waals surface area contributed by atoms with Crippen LogP contribution in [-0.2, 0) is 6.54 Å². The highest BCUT2D eigenvalue weighted by Gasteiger charge is 2.05. The first kappa shape index (κ1) is 12.4. The van der Waals surface area contributed by atoms with Crippen molar-refractivity contribution in [2.24, 2.45) is 0 Å². The summed E-state index contributed by atoms with van der Waals surface area (Å²) in [4.78, 5) is 8.53. The van der Waals surface area contributed by atoms with Crippen LogP contribution in [0.4, 0.5) is 11.8 Å². The minimum Gasteiger partial charge on any atom is -0.368 e. The van der Waals surface area contributed by atoms with Gasteiger partial charge in [-0.15, -0.1) is 0 Å². The Morgan fingerprint density at radius 3 is 2.75 bits per heavy atom. The number of fused-ring (bicyclic) bond motifs is 1. The van der Waals surface area contributed by atoms with Crippen molar-refractivity contribution in [3.8, 4) is 0 Å². The number of nitrogens with one attached hydrogen (secondary N) is 1. The first-order chi connectivity index (χ1) is 9.72. The zero-order chi connectivity index (χ0) is 13.9. The molecule has 0 aliphatic heterocycles. The van der Waals surface area contributed by atoms with Crippen molar-refractivity contribution in [3.63, 3.8) is 0 Å². The molecule has 3 N–H and O–H groups in total. The van der Waals surface area contributed by atoms with Crippen molar-refractivity contribution in [2.75, 3.05) is 11.1 Å². The molecule has 0 saturated heterocycles. The summed E-state index contributed by atoms with van der Waals surface area (Å²) in [5.41, 5.74) is 9.07. The minimum atomic E-state index is 0.287. The fraction of sp³-hybridized carbons (Fsp3) is 0.125. The maximum Gasteiger partial charge on any atom is 0.222 e. The maximum absolute atomic E-state index is 5.76. The lowest BCUT2D eigenvalue weighted by atomic mass is 10.1. The molecule has 0 unspecified atom stereocenters. The number of para-hydroxylation sites is 1. The maximum atomic E-state index is 5.76. The van der Waals surface area contributed by atoms with Crippen LogP contribution in [0.5, 0.6) is 0 Å². The van der Waals surface area contributed by atoms with Gasteiger partial charge in [0.05, 0.1) is 5.52 Å². The second-order valence-electron chi connectivity index (χ2n) is 4.79. The molecule has 100 valence electrons. The van der Waals surface area contributed by atoms with Gasteiger partial charge in [0.1, 0.15) is 5.82 Å². The van der Waals surface area contributed by atoms with Gasteiger partial charge in [-0.05, 0) is 24.6 Å². The van der Waals surface area contributed by atoms with Gasteiger partial charge in [-0.25, -0.2) is 4.98 Å². The number of anilines is 2. The van der Waals surface area contributed by atoms with Crippen molar-refractivity contribution in [2.45, 2.75) is 13.5 Å². The van der Waals surface area contributed by atoms with Gasteiger partial charge in [0, 0.05) is 11.9 Å². The van der Waals surface area contributed by atoms with E-state index >= 15 is 0 Å². The Bertz CT molecular complexity index is 752. The Kier molecular flexibility index (Phi) is 3.21. The first-order valence-corrected chi connectivity index (χ1v) is 6.54. The van der Waals surface area contributed by atoms with Crippen LogP contribution in [0.25, 0.3) is 10.9 Å². The largest absolute Gasteiger partial charge is 0.368 e. The molecule has 0 aliphatic rings. The fourth-order valence-electron chi connectivity index (χ4n) is 2.24. The SMILES string of the molecule is Cc1cccc(CNc2nc(N)nc3ccccc23)c1. The molecule has 0 atom stereocenters. The summed E-state index contributed by atoms with van der Waals surface area (Å²) in [7, 11) is 0. The lowest BCUT2D eigenvalue weighted by Crippen LogP contribution is -2.05. The van der Waals surface area contributed by atoms with Crippen LogP contribution < -0.4 is 11.1 Å². The number of aromatic nitrogens is 2. The van der Waals surface area contributed by atoms with Gasteiger partial charge >= 0.3 is 0 Å². The summed E-state index contributed by atoms with van der Waals surface area (Å²) in [6, 6.07) is 16.2. The van der Waals surface area contributed by atoms with Crippen LogP contribution in [0, 0.1) is 6.92 Å². The minimum absolute atomic E-state index is 0.287. The van der Waals surface area contributed by atoms with E-state index in [9.17, 15) is 0 Å². The number of hydrogen-bond acceptors (Lipinski definition) is 4. The third-order valence-electron chi connectivity index (χ3n) is 3.16. The smallest absolute Gasteiger partial charge is 0.222 e. The average molecular weight is 264 g/mol. The molecule has 0 amide bonds. The molecule has 3 aromatic rings. The number of nitrogen functional groups attached to an aromatic ring is 1. The van der Waals surface area contributed by atoms with Gasteiger partial charge in [-0.1, -0.05) is 42.0 Å². The Hall–Kier alpha value is -2.62. The van der Waals surface area contributed by atoms with Crippen molar-refractivity contribution >= 4 is 22.7 Å². The van der Waals surface area contributed by atoms with E-state index in [1.165, 1.54) is 11.1 Å². The molecule has 0 fully saturated rings. The summed E-state index contributed by atoms with van der Waals surface area (Å²) in [6.45, 7) is 2.80. The fourth-order valence-corrected chi connectivity index (χ4v) is 2.24. The molecule has 1 aromatic heterocycles. The molecular formula is C16H16N4. The van der Waals surface area contributed by atoms with Crippen LogP contribution in [0.2, 0.25) is 0 Å². The lowest BCUT2D eigenvalue weighted by molar-refractivity contribution is 1.10. The highest BCUT2D eigenvalue weighted by Crippen LogP contribution is 2.21. The van der Waals surface area contributed by atoms with Gasteiger partial charge in [-0.2, -0.15) is 4.98 Å². The standard InChI is InChI=1S/C16H16N4/c1-11-5-4-6-12(9-11)10-18-15-13-7-2-3-8-14(13)19-16(17)20-15/h2-9H,10H2,1H3,(H3,17,18,19,20). The van der Waals surface area contributed by atoms with Crippen LogP contribution in [0.15, 0.2) is 48.5 Å². The van der Waals surface area contributed by atoms with Crippen LogP contribution in [0.1, 0.15) is 11.1 Å². The van der Waals surface area contributed by atoms with Crippen molar-refractivity contribution < 1.29 is 0 Å². The Morgan fingerprint density at radius 1 is 1.05 bits per heavy atom. The van der Waals surface area contributed by atoms with E-state index in [2.05, 4.69) is 46.5 Å². The summed E-state index contributed by atoms with van der Waals surface area (Å²) in [5, 5.41) is 4.32. The van der Waals surface area contributed by atoms with Crippen molar-refractivity contribution in [3.05, 3.63) is 59.7 Å². The van der Waals surface area contributed by atoms with E-state index in [1.54, 1.807) is 0 Å². The zero-order valence-corrected chi connectivity index (χ0v) is 11.3. The Morgan fingerprint density at radius 2 is 1.90 bits per heavy atom. The van der Waals surface area contributed by atoms with Crippen LogP contribution in [0.3, 0.4) is 0 Å². The van der Waals surface area contributed by atoms with Gasteiger partial charge in [0.25, 0.3) is 0 Å². The molecule has 20 heavy (non-hydrogen) atoms. The second kappa shape index (κ2) is 5.17. The molecule has 1 heterocycles. The van der Waals surface area contributed by atoms with Gasteiger partial charge in [-0.3, -0.25) is 0 Å². The van der Waals surface area contributed by atoms with Gasteiger partial charge < -0.3 is 11.1 Å². The number of hydrogen-bond donors (Lipinski definition) is 2. The molecular weight excluding hydrogens is 248 g/mol. The predicted molar refractivity (Wildman–Crippen MR) is 82.5 cm³/mol. The van der Waals surface area contributed by atoms with Gasteiger partial charge in [0.2, 0.25) is 5.95 Å². The monoisotopic (exact) mass is 264 g/mol. The van der Waals surface area contributed by atoms with E-state index in [0.717, 1.165) is 16.7 Å². The molecule has 0 saturated carbocycles. The summed E-state index contributed by atoms with van der Waals surface area (Å²) in [5.74, 6) is 1.06. The second-order valence-corrected chi connectivity index (χ2v) is 4.79. The van der Waals surface area contributed by atoms with Crippen molar-refractivity contribution in [1.29, 1.82) is 0 Å². The molecule has 0 spiro atoms. The number of nitrogens with two attached hydrogens (primary N) is 1. The predicted octanol–water partition coefficient (Wildman–Crippen LogP) is 3.13. The number of aryl methyl sites for hydroxylation is 1. The lowest BCUT2D eigenvalue weighted by Gasteiger charge is -2.09. The zero-order valence-electron chi connectivity index (χ0n) is 11.3. The normalized spacial score (nSPS) is 10.7. The number of rotatable bonds is 3. The first-order valence-electron chi connectivity index (χ1n) is 6.54. The molecule has 4 nitrogen and oxygen atoms in total. The topological polar surface area (TPSA) is 63.8 Å². The average Bonchev–Trinajstić information content (AvgIpc) is 2.44. The number of nitrogens with zero attached hydrogens (tertiary/aromatic N) is 2. The molecule has 0 bridgehead atoms. The van der Waals surface area contributed by atoms with Gasteiger partial charge in [0.15, 0.2) is 0 Å².